The molecule has 5 rings (SSSR count). The summed E-state index contributed by atoms with van der Waals surface area (Å²) in [4.78, 5) is 19.3. The van der Waals surface area contributed by atoms with Gasteiger partial charge >= 0.3 is 0 Å². The summed E-state index contributed by atoms with van der Waals surface area (Å²) < 4.78 is 5.90. The number of amides is 1. The molecule has 0 spiro atoms. The maximum atomic E-state index is 12.9. The Hall–Kier alpha value is -3.15. The molecular formula is C20H18N4O2. The van der Waals surface area contributed by atoms with Gasteiger partial charge in [0.05, 0.1) is 5.52 Å². The van der Waals surface area contributed by atoms with E-state index in [4.69, 9.17) is 4.42 Å². The summed E-state index contributed by atoms with van der Waals surface area (Å²) >= 11 is 0. The molecule has 130 valence electrons. The SMILES string of the molecule is O=C(c1n[nH]c2ccccc12)N1CCC(c2nc3ccccc3o2)CC1. The van der Waals surface area contributed by atoms with Crippen LogP contribution in [0.4, 0.5) is 0 Å². The molecule has 0 bridgehead atoms. The molecule has 6 heteroatoms. The van der Waals surface area contributed by atoms with Crippen molar-refractivity contribution in [3.8, 4) is 0 Å². The molecule has 1 saturated heterocycles. The van der Waals surface area contributed by atoms with E-state index in [-0.39, 0.29) is 11.8 Å². The molecule has 3 heterocycles. The Morgan fingerprint density at radius 2 is 1.85 bits per heavy atom. The van der Waals surface area contributed by atoms with Gasteiger partial charge in [-0.1, -0.05) is 30.3 Å². The van der Waals surface area contributed by atoms with Gasteiger partial charge in [-0.25, -0.2) is 4.98 Å². The number of fused-ring (bicyclic) bond motifs is 2. The quantitative estimate of drug-likeness (QED) is 0.600. The van der Waals surface area contributed by atoms with Gasteiger partial charge in [-0.3, -0.25) is 9.89 Å². The molecule has 1 fully saturated rings. The van der Waals surface area contributed by atoms with Crippen LogP contribution >= 0.6 is 0 Å². The number of aromatic amines is 1. The normalized spacial score (nSPS) is 15.8. The number of carbonyl (C=O) groups excluding carboxylic acids is 1. The van der Waals surface area contributed by atoms with Crippen molar-refractivity contribution in [3.63, 3.8) is 0 Å². The number of carbonyl (C=O) groups is 1. The van der Waals surface area contributed by atoms with Crippen molar-refractivity contribution in [3.05, 3.63) is 60.1 Å². The Morgan fingerprint density at radius 1 is 1.08 bits per heavy atom. The van der Waals surface area contributed by atoms with Gasteiger partial charge in [-0.05, 0) is 31.0 Å². The van der Waals surface area contributed by atoms with E-state index in [2.05, 4.69) is 15.2 Å². The van der Waals surface area contributed by atoms with Gasteiger partial charge in [0, 0.05) is 24.4 Å². The molecule has 6 nitrogen and oxygen atoms in total. The molecule has 0 atom stereocenters. The third-order valence-corrected chi connectivity index (χ3v) is 5.11. The number of hydrogen-bond acceptors (Lipinski definition) is 4. The van der Waals surface area contributed by atoms with E-state index >= 15 is 0 Å². The van der Waals surface area contributed by atoms with Crippen LogP contribution in [0.1, 0.15) is 35.1 Å². The van der Waals surface area contributed by atoms with Gasteiger partial charge < -0.3 is 9.32 Å². The lowest BCUT2D eigenvalue weighted by Gasteiger charge is -2.30. The number of aromatic nitrogens is 3. The van der Waals surface area contributed by atoms with Gasteiger partial charge in [0.25, 0.3) is 5.91 Å². The lowest BCUT2D eigenvalue weighted by Crippen LogP contribution is -2.38. The van der Waals surface area contributed by atoms with E-state index in [1.54, 1.807) is 0 Å². The van der Waals surface area contributed by atoms with Crippen LogP contribution in [0.15, 0.2) is 52.9 Å². The highest BCUT2D eigenvalue weighted by Crippen LogP contribution is 2.30. The van der Waals surface area contributed by atoms with Gasteiger partial charge in [0.2, 0.25) is 0 Å². The lowest BCUT2D eigenvalue weighted by atomic mass is 9.96. The highest BCUT2D eigenvalue weighted by atomic mass is 16.3. The van der Waals surface area contributed by atoms with E-state index < -0.39 is 0 Å². The number of para-hydroxylation sites is 3. The highest BCUT2D eigenvalue weighted by molar-refractivity contribution is 6.04. The number of oxazole rings is 1. The number of hydrogen-bond donors (Lipinski definition) is 1. The molecular weight excluding hydrogens is 328 g/mol. The van der Waals surface area contributed by atoms with Crippen LogP contribution in [0.5, 0.6) is 0 Å². The largest absolute Gasteiger partial charge is 0.440 e. The summed E-state index contributed by atoms with van der Waals surface area (Å²) in [6.07, 6.45) is 1.70. The first-order valence-corrected chi connectivity index (χ1v) is 8.87. The molecule has 1 aliphatic heterocycles. The molecule has 0 unspecified atom stereocenters. The predicted molar refractivity (Wildman–Crippen MR) is 98.0 cm³/mol. The molecule has 2 aromatic carbocycles. The second kappa shape index (κ2) is 5.98. The standard InChI is InChI=1S/C20H18N4O2/c25-20(18-14-5-1-2-6-15(14)22-23-18)24-11-9-13(10-12-24)19-21-16-7-3-4-8-17(16)26-19/h1-8,13H,9-12H2,(H,22,23). The number of piperidine rings is 1. The van der Waals surface area contributed by atoms with E-state index in [0.29, 0.717) is 18.8 Å². The molecule has 4 aromatic rings. The fourth-order valence-corrected chi connectivity index (χ4v) is 3.67. The van der Waals surface area contributed by atoms with Crippen LogP contribution in [0.25, 0.3) is 22.0 Å². The zero-order valence-corrected chi connectivity index (χ0v) is 14.2. The fraction of sp³-hybridized carbons (Fsp3) is 0.250. The Morgan fingerprint density at radius 3 is 2.69 bits per heavy atom. The number of rotatable bonds is 2. The van der Waals surface area contributed by atoms with E-state index in [1.807, 2.05) is 53.4 Å². The van der Waals surface area contributed by atoms with E-state index in [0.717, 1.165) is 40.7 Å². The molecule has 0 saturated carbocycles. The molecule has 1 aliphatic rings. The first-order chi connectivity index (χ1) is 12.8. The summed E-state index contributed by atoms with van der Waals surface area (Å²) in [5.74, 6) is 1.02. The van der Waals surface area contributed by atoms with Gasteiger partial charge in [-0.2, -0.15) is 5.10 Å². The Bertz CT molecular complexity index is 1060. The fourth-order valence-electron chi connectivity index (χ4n) is 3.67. The van der Waals surface area contributed by atoms with Crippen molar-refractivity contribution in [2.75, 3.05) is 13.1 Å². The lowest BCUT2D eigenvalue weighted by molar-refractivity contribution is 0.0702. The Balaban J connectivity index is 1.33. The minimum Gasteiger partial charge on any atom is -0.440 e. The van der Waals surface area contributed by atoms with Crippen molar-refractivity contribution in [1.82, 2.24) is 20.1 Å². The van der Waals surface area contributed by atoms with Crippen molar-refractivity contribution in [2.24, 2.45) is 0 Å². The predicted octanol–water partition coefficient (Wildman–Crippen LogP) is 3.72. The van der Waals surface area contributed by atoms with Crippen LogP contribution in [0, 0.1) is 0 Å². The molecule has 26 heavy (non-hydrogen) atoms. The van der Waals surface area contributed by atoms with E-state index in [9.17, 15) is 4.79 Å². The average molecular weight is 346 g/mol. The number of nitrogens with one attached hydrogen (secondary N) is 1. The minimum atomic E-state index is -0.0153. The summed E-state index contributed by atoms with van der Waals surface area (Å²) in [6, 6.07) is 15.5. The van der Waals surface area contributed by atoms with Crippen molar-refractivity contribution >= 4 is 27.9 Å². The van der Waals surface area contributed by atoms with Gasteiger partial charge in [0.15, 0.2) is 17.2 Å². The number of likely N-dealkylation sites (tertiary alicyclic amines) is 1. The Labute approximate surface area is 149 Å². The maximum Gasteiger partial charge on any atom is 0.274 e. The highest BCUT2D eigenvalue weighted by Gasteiger charge is 2.29. The second-order valence-corrected chi connectivity index (χ2v) is 6.70. The smallest absolute Gasteiger partial charge is 0.274 e. The summed E-state index contributed by atoms with van der Waals surface area (Å²) in [7, 11) is 0. The topological polar surface area (TPSA) is 75.0 Å². The maximum absolute atomic E-state index is 12.9. The van der Waals surface area contributed by atoms with Crippen LogP contribution in [0.3, 0.4) is 0 Å². The van der Waals surface area contributed by atoms with Crippen LogP contribution in [-0.2, 0) is 0 Å². The van der Waals surface area contributed by atoms with Gasteiger partial charge in [0.1, 0.15) is 5.52 Å². The van der Waals surface area contributed by atoms with E-state index in [1.165, 1.54) is 0 Å². The van der Waals surface area contributed by atoms with Crippen LogP contribution in [0.2, 0.25) is 0 Å². The molecule has 1 amide bonds. The summed E-state index contributed by atoms with van der Waals surface area (Å²) in [5.41, 5.74) is 3.10. The monoisotopic (exact) mass is 346 g/mol. The van der Waals surface area contributed by atoms with Crippen molar-refractivity contribution < 1.29 is 9.21 Å². The zero-order chi connectivity index (χ0) is 17.5. The number of nitrogens with zero attached hydrogens (tertiary/aromatic N) is 3. The molecule has 2 aromatic heterocycles. The minimum absolute atomic E-state index is 0.0153. The van der Waals surface area contributed by atoms with Gasteiger partial charge in [-0.15, -0.1) is 0 Å². The first-order valence-electron chi connectivity index (χ1n) is 8.87. The number of H-pyrrole nitrogens is 1. The molecule has 1 N–H and O–H groups in total. The molecule has 0 radical (unpaired) electrons. The average Bonchev–Trinajstić information content (AvgIpc) is 3.32. The third-order valence-electron chi connectivity index (χ3n) is 5.11. The van der Waals surface area contributed by atoms with Crippen molar-refractivity contribution in [2.45, 2.75) is 18.8 Å². The third kappa shape index (κ3) is 2.45. The summed E-state index contributed by atoms with van der Waals surface area (Å²) in [5, 5.41) is 8.04. The van der Waals surface area contributed by atoms with Crippen molar-refractivity contribution in [1.29, 1.82) is 0 Å². The number of benzene rings is 2. The zero-order valence-electron chi connectivity index (χ0n) is 14.2. The Kier molecular flexibility index (Phi) is 3.48. The summed E-state index contributed by atoms with van der Waals surface area (Å²) in [6.45, 7) is 1.37. The molecule has 0 aliphatic carbocycles. The first kappa shape index (κ1) is 15.1. The van der Waals surface area contributed by atoms with Crippen LogP contribution in [-0.4, -0.2) is 39.1 Å². The second-order valence-electron chi connectivity index (χ2n) is 6.70. The van der Waals surface area contributed by atoms with Crippen LogP contribution < -0.4 is 0 Å².